The Morgan fingerprint density at radius 2 is 2.00 bits per heavy atom. The first-order chi connectivity index (χ1) is 12.1. The number of aryl methyl sites for hydroxylation is 2. The van der Waals surface area contributed by atoms with Crippen molar-refractivity contribution < 1.29 is 18.8 Å². The summed E-state index contributed by atoms with van der Waals surface area (Å²) in [6.45, 7) is 9.21. The first kappa shape index (κ1) is 17.0. The molecule has 0 radical (unpaired) electrons. The van der Waals surface area contributed by atoms with E-state index >= 15 is 0 Å². The maximum absolute atomic E-state index is 12.8. The molecule has 25 heavy (non-hydrogen) atoms. The normalized spacial score (nSPS) is 28.3. The highest BCUT2D eigenvalue weighted by atomic mass is 16.5. The van der Waals surface area contributed by atoms with E-state index in [1.165, 1.54) is 0 Å². The van der Waals surface area contributed by atoms with Gasteiger partial charge in [-0.1, -0.05) is 5.16 Å². The Morgan fingerprint density at radius 3 is 2.72 bits per heavy atom. The molecule has 0 bridgehead atoms. The standard InChI is InChI=1S/C18H27N3O4/c1-12-15(13(2)25-19-12)9-20-5-8-24-17-11-21(10-16(17)20)18(22)14-3-6-23-7-4-14/h14,16-17H,3-11H2,1-2H3/t16-,17+/m0/s1. The van der Waals surface area contributed by atoms with Crippen molar-refractivity contribution in [1.82, 2.24) is 15.0 Å². The Hall–Kier alpha value is -1.44. The molecule has 0 spiro atoms. The monoisotopic (exact) mass is 349 g/mol. The Kier molecular flexibility index (Phi) is 4.80. The maximum Gasteiger partial charge on any atom is 0.226 e. The van der Waals surface area contributed by atoms with E-state index in [-0.39, 0.29) is 24.0 Å². The molecule has 0 aliphatic carbocycles. The van der Waals surface area contributed by atoms with Crippen LogP contribution in [0.25, 0.3) is 0 Å². The van der Waals surface area contributed by atoms with Gasteiger partial charge < -0.3 is 18.9 Å². The van der Waals surface area contributed by atoms with E-state index in [2.05, 4.69) is 10.1 Å². The van der Waals surface area contributed by atoms with Crippen LogP contribution in [0.5, 0.6) is 0 Å². The molecule has 7 heteroatoms. The van der Waals surface area contributed by atoms with E-state index in [0.717, 1.165) is 49.5 Å². The van der Waals surface area contributed by atoms with Gasteiger partial charge in [0.1, 0.15) is 5.76 Å². The second kappa shape index (κ2) is 7.05. The zero-order valence-corrected chi connectivity index (χ0v) is 15.1. The number of aromatic nitrogens is 1. The summed E-state index contributed by atoms with van der Waals surface area (Å²) >= 11 is 0. The second-order valence-corrected chi connectivity index (χ2v) is 7.38. The van der Waals surface area contributed by atoms with Gasteiger partial charge in [0, 0.05) is 50.9 Å². The van der Waals surface area contributed by atoms with Gasteiger partial charge in [0.25, 0.3) is 0 Å². The van der Waals surface area contributed by atoms with Crippen LogP contribution in [0.3, 0.4) is 0 Å². The van der Waals surface area contributed by atoms with Gasteiger partial charge in [-0.15, -0.1) is 0 Å². The minimum atomic E-state index is 0.109. The number of hydrogen-bond acceptors (Lipinski definition) is 6. The third-order valence-corrected chi connectivity index (χ3v) is 5.84. The molecule has 3 aliphatic heterocycles. The molecule has 3 fully saturated rings. The predicted molar refractivity (Wildman–Crippen MR) is 90.0 cm³/mol. The molecule has 0 saturated carbocycles. The van der Waals surface area contributed by atoms with Crippen molar-refractivity contribution >= 4 is 5.91 Å². The van der Waals surface area contributed by atoms with Crippen LogP contribution in [0.1, 0.15) is 29.9 Å². The van der Waals surface area contributed by atoms with Crippen molar-refractivity contribution in [2.75, 3.05) is 39.5 Å². The van der Waals surface area contributed by atoms with Gasteiger partial charge >= 0.3 is 0 Å². The van der Waals surface area contributed by atoms with E-state index in [1.807, 2.05) is 18.7 Å². The summed E-state index contributed by atoms with van der Waals surface area (Å²) in [5.74, 6) is 1.28. The molecule has 3 saturated heterocycles. The van der Waals surface area contributed by atoms with Gasteiger partial charge in [0.05, 0.1) is 24.4 Å². The van der Waals surface area contributed by atoms with E-state index in [0.29, 0.717) is 26.4 Å². The zero-order valence-electron chi connectivity index (χ0n) is 15.1. The Balaban J connectivity index is 1.44. The highest BCUT2D eigenvalue weighted by Gasteiger charge is 2.43. The van der Waals surface area contributed by atoms with Crippen molar-refractivity contribution in [3.05, 3.63) is 17.0 Å². The molecule has 4 heterocycles. The van der Waals surface area contributed by atoms with E-state index in [9.17, 15) is 4.79 Å². The number of likely N-dealkylation sites (tertiary alicyclic amines) is 1. The molecule has 1 aromatic heterocycles. The summed E-state index contributed by atoms with van der Waals surface area (Å²) in [6.07, 6.45) is 1.79. The number of carbonyl (C=O) groups is 1. The maximum atomic E-state index is 12.8. The number of nitrogens with zero attached hydrogens (tertiary/aromatic N) is 3. The summed E-state index contributed by atoms with van der Waals surface area (Å²) in [7, 11) is 0. The summed E-state index contributed by atoms with van der Waals surface area (Å²) in [6, 6.07) is 0.256. The SMILES string of the molecule is Cc1noc(C)c1CN1CCO[C@@H]2CN(C(=O)C3CCOCC3)C[C@@H]21. The van der Waals surface area contributed by atoms with Crippen molar-refractivity contribution in [1.29, 1.82) is 0 Å². The third kappa shape index (κ3) is 3.32. The number of hydrogen-bond donors (Lipinski definition) is 0. The molecular weight excluding hydrogens is 322 g/mol. The predicted octanol–water partition coefficient (Wildman–Crippen LogP) is 1.13. The molecular formula is C18H27N3O4. The van der Waals surface area contributed by atoms with Gasteiger partial charge in [-0.2, -0.15) is 0 Å². The van der Waals surface area contributed by atoms with Crippen molar-refractivity contribution in [3.8, 4) is 0 Å². The molecule has 2 atom stereocenters. The molecule has 3 aliphatic rings. The Bertz CT molecular complexity index is 606. The topological polar surface area (TPSA) is 68.0 Å². The smallest absolute Gasteiger partial charge is 0.226 e. The number of rotatable bonds is 3. The average molecular weight is 349 g/mol. The van der Waals surface area contributed by atoms with Gasteiger partial charge in [-0.3, -0.25) is 9.69 Å². The lowest BCUT2D eigenvalue weighted by Gasteiger charge is -2.36. The van der Waals surface area contributed by atoms with Crippen LogP contribution >= 0.6 is 0 Å². The van der Waals surface area contributed by atoms with Crippen molar-refractivity contribution in [3.63, 3.8) is 0 Å². The quantitative estimate of drug-likeness (QED) is 0.815. The molecule has 4 rings (SSSR count). The average Bonchev–Trinajstić information content (AvgIpc) is 3.21. The minimum Gasteiger partial charge on any atom is -0.381 e. The lowest BCUT2D eigenvalue weighted by Crippen LogP contribution is -2.50. The molecule has 7 nitrogen and oxygen atoms in total. The molecule has 0 aromatic carbocycles. The molecule has 0 unspecified atom stereocenters. The highest BCUT2D eigenvalue weighted by molar-refractivity contribution is 5.79. The Labute approximate surface area is 148 Å². The molecule has 138 valence electrons. The highest BCUT2D eigenvalue weighted by Crippen LogP contribution is 2.28. The fourth-order valence-corrected chi connectivity index (χ4v) is 4.27. The van der Waals surface area contributed by atoms with Crippen LogP contribution in [0.15, 0.2) is 4.52 Å². The van der Waals surface area contributed by atoms with Gasteiger partial charge in [0.15, 0.2) is 0 Å². The van der Waals surface area contributed by atoms with E-state index in [4.69, 9.17) is 14.0 Å². The van der Waals surface area contributed by atoms with Crippen LogP contribution in [0.4, 0.5) is 0 Å². The van der Waals surface area contributed by atoms with E-state index in [1.54, 1.807) is 0 Å². The van der Waals surface area contributed by atoms with Crippen molar-refractivity contribution in [2.45, 2.75) is 45.4 Å². The van der Waals surface area contributed by atoms with Crippen LogP contribution < -0.4 is 0 Å². The lowest BCUT2D eigenvalue weighted by molar-refractivity contribution is -0.137. The summed E-state index contributed by atoms with van der Waals surface area (Å²) in [4.78, 5) is 17.3. The zero-order chi connectivity index (χ0) is 17.4. The molecule has 1 aromatic rings. The van der Waals surface area contributed by atoms with Crippen LogP contribution in [-0.4, -0.2) is 72.5 Å². The van der Waals surface area contributed by atoms with Crippen LogP contribution in [-0.2, 0) is 20.8 Å². The summed E-state index contributed by atoms with van der Waals surface area (Å²) in [5, 5.41) is 4.06. The largest absolute Gasteiger partial charge is 0.381 e. The minimum absolute atomic E-state index is 0.109. The van der Waals surface area contributed by atoms with Crippen LogP contribution in [0, 0.1) is 19.8 Å². The lowest BCUT2D eigenvalue weighted by atomic mass is 9.99. The number of morpholine rings is 1. The van der Waals surface area contributed by atoms with Gasteiger partial charge in [-0.05, 0) is 26.7 Å². The second-order valence-electron chi connectivity index (χ2n) is 7.38. The molecule has 1 amide bonds. The number of carbonyl (C=O) groups excluding carboxylic acids is 1. The van der Waals surface area contributed by atoms with Gasteiger partial charge in [-0.25, -0.2) is 0 Å². The van der Waals surface area contributed by atoms with Crippen molar-refractivity contribution in [2.24, 2.45) is 5.92 Å². The molecule has 0 N–H and O–H groups in total. The fraction of sp³-hybridized carbons (Fsp3) is 0.778. The fourth-order valence-electron chi connectivity index (χ4n) is 4.27. The van der Waals surface area contributed by atoms with Gasteiger partial charge in [0.2, 0.25) is 5.91 Å². The third-order valence-electron chi connectivity index (χ3n) is 5.84. The van der Waals surface area contributed by atoms with Crippen LogP contribution in [0.2, 0.25) is 0 Å². The van der Waals surface area contributed by atoms with E-state index < -0.39 is 0 Å². The number of fused-ring (bicyclic) bond motifs is 1. The number of amides is 1. The first-order valence-corrected chi connectivity index (χ1v) is 9.27. The Morgan fingerprint density at radius 1 is 1.20 bits per heavy atom. The summed E-state index contributed by atoms with van der Waals surface area (Å²) < 4.78 is 16.7. The summed E-state index contributed by atoms with van der Waals surface area (Å²) in [5.41, 5.74) is 2.11. The first-order valence-electron chi connectivity index (χ1n) is 9.27. The number of ether oxygens (including phenoxy) is 2.